The lowest BCUT2D eigenvalue weighted by molar-refractivity contribution is 0.0613. The monoisotopic (exact) mass is 397 g/mol. The standard InChI is InChI=1S/C20H20ClN5O2/c1-25-17-3-2-14(24-16-4-7-23-19(21)15(16)11-22)10-18(17)26(20(25)27)12-13-5-8-28-9-6-13/h2-4,7,10,13H,5-6,8-9,12H2,1H3,(H,23,24). The van der Waals surface area contributed by atoms with Gasteiger partial charge in [-0.25, -0.2) is 9.78 Å². The third-order valence-electron chi connectivity index (χ3n) is 5.22. The number of nitrogens with one attached hydrogen (secondary N) is 1. The zero-order valence-electron chi connectivity index (χ0n) is 15.5. The maximum atomic E-state index is 12.8. The molecular formula is C20H20ClN5O2. The first-order valence-corrected chi connectivity index (χ1v) is 9.55. The molecule has 8 heteroatoms. The highest BCUT2D eigenvalue weighted by Gasteiger charge is 2.19. The van der Waals surface area contributed by atoms with Crippen molar-refractivity contribution in [1.82, 2.24) is 14.1 Å². The minimum Gasteiger partial charge on any atom is -0.381 e. The van der Waals surface area contributed by atoms with E-state index in [0.29, 0.717) is 18.2 Å². The van der Waals surface area contributed by atoms with Crippen molar-refractivity contribution in [3.05, 3.63) is 51.7 Å². The predicted octanol–water partition coefficient (Wildman–Crippen LogP) is 3.43. The van der Waals surface area contributed by atoms with E-state index in [0.717, 1.165) is 42.8 Å². The Balaban J connectivity index is 1.72. The van der Waals surface area contributed by atoms with Crippen LogP contribution in [0.2, 0.25) is 5.15 Å². The van der Waals surface area contributed by atoms with Crippen molar-refractivity contribution in [3.8, 4) is 6.07 Å². The quantitative estimate of drug-likeness (QED) is 0.682. The molecule has 0 bridgehead atoms. The smallest absolute Gasteiger partial charge is 0.328 e. The zero-order chi connectivity index (χ0) is 19.7. The Kier molecular flexibility index (Phi) is 5.07. The van der Waals surface area contributed by atoms with E-state index < -0.39 is 0 Å². The summed E-state index contributed by atoms with van der Waals surface area (Å²) in [6, 6.07) is 9.51. The van der Waals surface area contributed by atoms with Crippen LogP contribution in [0.5, 0.6) is 0 Å². The number of nitriles is 1. The van der Waals surface area contributed by atoms with Gasteiger partial charge in [-0.1, -0.05) is 11.6 Å². The number of imidazole rings is 1. The number of hydrogen-bond acceptors (Lipinski definition) is 5. The number of pyridine rings is 1. The fourth-order valence-electron chi connectivity index (χ4n) is 3.65. The Morgan fingerprint density at radius 2 is 2.11 bits per heavy atom. The largest absolute Gasteiger partial charge is 0.381 e. The number of rotatable bonds is 4. The number of nitrogens with zero attached hydrogens (tertiary/aromatic N) is 4. The topological polar surface area (TPSA) is 84.9 Å². The second-order valence-corrected chi connectivity index (χ2v) is 7.33. The summed E-state index contributed by atoms with van der Waals surface area (Å²) in [6.07, 6.45) is 3.47. The first kappa shape index (κ1) is 18.5. The van der Waals surface area contributed by atoms with Crippen LogP contribution in [-0.2, 0) is 18.3 Å². The van der Waals surface area contributed by atoms with E-state index >= 15 is 0 Å². The molecule has 0 radical (unpaired) electrons. The molecule has 7 nitrogen and oxygen atoms in total. The molecule has 3 aromatic rings. The maximum absolute atomic E-state index is 12.8. The van der Waals surface area contributed by atoms with Gasteiger partial charge in [0.25, 0.3) is 0 Å². The van der Waals surface area contributed by atoms with Gasteiger partial charge in [0.15, 0.2) is 0 Å². The number of benzene rings is 1. The highest BCUT2D eigenvalue weighted by Crippen LogP contribution is 2.27. The normalized spacial score (nSPS) is 14.9. The Morgan fingerprint density at radius 1 is 1.32 bits per heavy atom. The van der Waals surface area contributed by atoms with E-state index in [1.165, 1.54) is 0 Å². The number of fused-ring (bicyclic) bond motifs is 1. The summed E-state index contributed by atoms with van der Waals surface area (Å²) in [5.41, 5.74) is 3.35. The average Bonchev–Trinajstić information content (AvgIpc) is 2.93. The molecule has 1 aliphatic rings. The molecule has 1 saturated heterocycles. The van der Waals surface area contributed by atoms with Crippen LogP contribution in [0.25, 0.3) is 11.0 Å². The zero-order valence-corrected chi connectivity index (χ0v) is 16.2. The maximum Gasteiger partial charge on any atom is 0.328 e. The third-order valence-corrected chi connectivity index (χ3v) is 5.51. The van der Waals surface area contributed by atoms with Gasteiger partial charge < -0.3 is 10.1 Å². The van der Waals surface area contributed by atoms with Crippen LogP contribution in [0.4, 0.5) is 11.4 Å². The molecule has 1 aromatic carbocycles. The highest BCUT2D eigenvalue weighted by atomic mass is 35.5. The number of halogens is 1. The van der Waals surface area contributed by atoms with Gasteiger partial charge in [0.1, 0.15) is 16.8 Å². The van der Waals surface area contributed by atoms with Gasteiger partial charge in [0.2, 0.25) is 0 Å². The SMILES string of the molecule is Cn1c(=O)n(CC2CCOCC2)c2cc(Nc3ccnc(Cl)c3C#N)ccc21. The van der Waals surface area contributed by atoms with Crippen LogP contribution in [0, 0.1) is 17.2 Å². The lowest BCUT2D eigenvalue weighted by Gasteiger charge is -2.22. The molecule has 28 heavy (non-hydrogen) atoms. The summed E-state index contributed by atoms with van der Waals surface area (Å²) in [4.78, 5) is 16.7. The molecular weight excluding hydrogens is 378 g/mol. The number of ether oxygens (including phenoxy) is 1. The van der Waals surface area contributed by atoms with Crippen molar-refractivity contribution in [2.75, 3.05) is 18.5 Å². The van der Waals surface area contributed by atoms with Gasteiger partial charge in [0, 0.05) is 38.7 Å². The van der Waals surface area contributed by atoms with Gasteiger partial charge in [0.05, 0.1) is 16.7 Å². The van der Waals surface area contributed by atoms with E-state index in [9.17, 15) is 10.1 Å². The van der Waals surface area contributed by atoms with Crippen molar-refractivity contribution >= 4 is 34.0 Å². The van der Waals surface area contributed by atoms with Crippen molar-refractivity contribution in [1.29, 1.82) is 5.26 Å². The third kappa shape index (κ3) is 3.37. The fourth-order valence-corrected chi connectivity index (χ4v) is 3.85. The first-order chi connectivity index (χ1) is 13.6. The van der Waals surface area contributed by atoms with Gasteiger partial charge in [-0.3, -0.25) is 9.13 Å². The molecule has 1 N–H and O–H groups in total. The van der Waals surface area contributed by atoms with Gasteiger partial charge in [-0.15, -0.1) is 0 Å². The summed E-state index contributed by atoms with van der Waals surface area (Å²) in [5, 5.41) is 12.7. The van der Waals surface area contributed by atoms with Gasteiger partial charge in [-0.2, -0.15) is 5.26 Å². The number of aromatic nitrogens is 3. The van der Waals surface area contributed by atoms with E-state index in [4.69, 9.17) is 16.3 Å². The van der Waals surface area contributed by atoms with E-state index in [1.54, 1.807) is 23.9 Å². The van der Waals surface area contributed by atoms with E-state index in [-0.39, 0.29) is 16.4 Å². The molecule has 0 unspecified atom stereocenters. The Hall–Kier alpha value is -2.82. The molecule has 2 aromatic heterocycles. The molecule has 1 fully saturated rings. The number of hydrogen-bond donors (Lipinski definition) is 1. The van der Waals surface area contributed by atoms with Crippen LogP contribution >= 0.6 is 11.6 Å². The fraction of sp³-hybridized carbons (Fsp3) is 0.350. The number of anilines is 2. The van der Waals surface area contributed by atoms with Crippen molar-refractivity contribution in [2.24, 2.45) is 13.0 Å². The second-order valence-electron chi connectivity index (χ2n) is 6.97. The molecule has 3 heterocycles. The summed E-state index contributed by atoms with van der Waals surface area (Å²) in [6.45, 7) is 2.17. The van der Waals surface area contributed by atoms with Crippen LogP contribution < -0.4 is 11.0 Å². The van der Waals surface area contributed by atoms with Crippen LogP contribution in [0.15, 0.2) is 35.3 Å². The van der Waals surface area contributed by atoms with Gasteiger partial charge in [-0.05, 0) is 43.0 Å². The first-order valence-electron chi connectivity index (χ1n) is 9.17. The molecule has 0 spiro atoms. The minimum atomic E-state index is -0.0247. The Morgan fingerprint density at radius 3 is 2.86 bits per heavy atom. The van der Waals surface area contributed by atoms with Crippen LogP contribution in [-0.4, -0.2) is 27.3 Å². The second kappa shape index (κ2) is 7.66. The Labute approximate surface area is 167 Å². The summed E-state index contributed by atoms with van der Waals surface area (Å²) in [7, 11) is 1.79. The van der Waals surface area contributed by atoms with Crippen LogP contribution in [0.3, 0.4) is 0 Å². The molecule has 144 valence electrons. The Bertz CT molecular complexity index is 1120. The van der Waals surface area contributed by atoms with E-state index in [2.05, 4.69) is 16.4 Å². The lowest BCUT2D eigenvalue weighted by Crippen LogP contribution is -2.28. The summed E-state index contributed by atoms with van der Waals surface area (Å²) < 4.78 is 8.94. The van der Waals surface area contributed by atoms with Crippen molar-refractivity contribution in [3.63, 3.8) is 0 Å². The average molecular weight is 398 g/mol. The molecule has 0 amide bonds. The minimum absolute atomic E-state index is 0.0247. The summed E-state index contributed by atoms with van der Waals surface area (Å²) in [5.74, 6) is 0.429. The lowest BCUT2D eigenvalue weighted by atomic mass is 10.0. The molecule has 0 aliphatic carbocycles. The van der Waals surface area contributed by atoms with Gasteiger partial charge >= 0.3 is 5.69 Å². The van der Waals surface area contributed by atoms with Crippen LogP contribution in [0.1, 0.15) is 18.4 Å². The molecule has 0 atom stereocenters. The van der Waals surface area contributed by atoms with Crippen molar-refractivity contribution in [2.45, 2.75) is 19.4 Å². The molecule has 1 aliphatic heterocycles. The summed E-state index contributed by atoms with van der Waals surface area (Å²) >= 11 is 6.02. The molecule has 4 rings (SSSR count). The predicted molar refractivity (Wildman–Crippen MR) is 108 cm³/mol. The molecule has 0 saturated carbocycles. The highest BCUT2D eigenvalue weighted by molar-refractivity contribution is 6.31. The van der Waals surface area contributed by atoms with E-state index in [1.807, 2.05) is 22.8 Å². The number of aryl methyl sites for hydroxylation is 1. The van der Waals surface area contributed by atoms with Crippen molar-refractivity contribution < 1.29 is 4.74 Å².